The Morgan fingerprint density at radius 2 is 1.70 bits per heavy atom. The van der Waals surface area contributed by atoms with Crippen LogP contribution < -0.4 is 19.9 Å². The predicted octanol–water partition coefficient (Wildman–Crippen LogP) is 2.06. The normalized spacial score (nSPS) is 17.2. The summed E-state index contributed by atoms with van der Waals surface area (Å²) in [6.45, 7) is 8.41. The molecule has 1 aliphatic heterocycles. The quantitative estimate of drug-likeness (QED) is 0.832. The topological polar surface area (TPSA) is 74.0 Å². The molecule has 0 aromatic heterocycles. The second kappa shape index (κ2) is 8.06. The van der Waals surface area contributed by atoms with Crippen LogP contribution in [-0.4, -0.2) is 49.8 Å². The molecular formula is C17H26N2O4. The Morgan fingerprint density at radius 1 is 1.13 bits per heavy atom. The number of likely N-dealkylation sites (tertiary alicyclic amines) is 1. The van der Waals surface area contributed by atoms with Gasteiger partial charge in [0.25, 0.3) is 5.91 Å². The molecule has 1 fully saturated rings. The van der Waals surface area contributed by atoms with Crippen LogP contribution >= 0.6 is 0 Å². The molecule has 23 heavy (non-hydrogen) atoms. The zero-order chi connectivity index (χ0) is 16.8. The van der Waals surface area contributed by atoms with Crippen molar-refractivity contribution in [3.8, 4) is 17.2 Å². The van der Waals surface area contributed by atoms with Gasteiger partial charge in [0.15, 0.2) is 11.5 Å². The molecule has 0 saturated carbocycles. The lowest BCUT2D eigenvalue weighted by molar-refractivity contribution is 0.0789. The zero-order valence-corrected chi connectivity index (χ0v) is 14.1. The number of benzene rings is 1. The van der Waals surface area contributed by atoms with Gasteiger partial charge in [-0.15, -0.1) is 0 Å². The van der Waals surface area contributed by atoms with E-state index in [1.165, 1.54) is 0 Å². The summed E-state index contributed by atoms with van der Waals surface area (Å²) >= 11 is 0. The molecule has 0 aliphatic carbocycles. The maximum Gasteiger partial charge on any atom is 0.254 e. The molecule has 1 aliphatic rings. The van der Waals surface area contributed by atoms with Crippen LogP contribution in [0.5, 0.6) is 17.2 Å². The molecule has 1 amide bonds. The summed E-state index contributed by atoms with van der Waals surface area (Å²) in [6, 6.07) is 3.51. The summed E-state index contributed by atoms with van der Waals surface area (Å²) in [7, 11) is 0. The lowest BCUT2D eigenvalue weighted by atomic mass is 10.1. The molecule has 1 saturated heterocycles. The van der Waals surface area contributed by atoms with E-state index < -0.39 is 0 Å². The highest BCUT2D eigenvalue weighted by molar-refractivity contribution is 5.95. The first-order valence-electron chi connectivity index (χ1n) is 8.21. The first-order chi connectivity index (χ1) is 11.1. The number of nitrogens with two attached hydrogens (primary N) is 1. The Balaban J connectivity index is 2.37. The van der Waals surface area contributed by atoms with Crippen molar-refractivity contribution in [1.82, 2.24) is 4.90 Å². The van der Waals surface area contributed by atoms with E-state index in [0.717, 1.165) is 6.42 Å². The lowest BCUT2D eigenvalue weighted by Gasteiger charge is -2.20. The van der Waals surface area contributed by atoms with E-state index in [9.17, 15) is 4.79 Å². The predicted molar refractivity (Wildman–Crippen MR) is 88.4 cm³/mol. The standard InChI is InChI=1S/C17H26N2O4/c1-4-21-14-9-12(17(20)19-8-7-13(18)11-19)10-15(22-5-2)16(14)23-6-3/h9-10,13H,4-8,11,18H2,1-3H3/t13-/m1/s1. The van der Waals surface area contributed by atoms with E-state index in [0.29, 0.717) is 55.7 Å². The molecule has 1 heterocycles. The molecule has 0 spiro atoms. The summed E-state index contributed by atoms with van der Waals surface area (Å²) in [6.07, 6.45) is 0.833. The molecule has 6 heteroatoms. The number of hydrogen-bond acceptors (Lipinski definition) is 5. The van der Waals surface area contributed by atoms with Gasteiger partial charge in [0.1, 0.15) is 0 Å². The van der Waals surface area contributed by atoms with Crippen molar-refractivity contribution in [2.75, 3.05) is 32.9 Å². The third-order valence-electron chi connectivity index (χ3n) is 3.67. The highest BCUT2D eigenvalue weighted by Gasteiger charge is 2.26. The van der Waals surface area contributed by atoms with Crippen molar-refractivity contribution < 1.29 is 19.0 Å². The number of hydrogen-bond donors (Lipinski definition) is 1. The monoisotopic (exact) mass is 322 g/mol. The van der Waals surface area contributed by atoms with Gasteiger partial charge in [-0.1, -0.05) is 0 Å². The molecule has 1 aromatic rings. The summed E-state index contributed by atoms with van der Waals surface area (Å²) in [5.74, 6) is 1.56. The van der Waals surface area contributed by atoms with Crippen LogP contribution in [0.1, 0.15) is 37.6 Å². The molecule has 0 radical (unpaired) electrons. The SMILES string of the molecule is CCOc1cc(C(=O)N2CC[C@@H](N)C2)cc(OCC)c1OCC. The highest BCUT2D eigenvalue weighted by Crippen LogP contribution is 2.39. The van der Waals surface area contributed by atoms with E-state index in [1.54, 1.807) is 17.0 Å². The summed E-state index contributed by atoms with van der Waals surface area (Å²) in [5, 5.41) is 0. The Kier molecular flexibility index (Phi) is 6.10. The second-order valence-corrected chi connectivity index (χ2v) is 5.40. The van der Waals surface area contributed by atoms with Crippen LogP contribution in [0.15, 0.2) is 12.1 Å². The van der Waals surface area contributed by atoms with Gasteiger partial charge in [-0.2, -0.15) is 0 Å². The molecule has 6 nitrogen and oxygen atoms in total. The average Bonchev–Trinajstić information content (AvgIpc) is 2.96. The van der Waals surface area contributed by atoms with Crippen LogP contribution in [0, 0.1) is 0 Å². The maximum absolute atomic E-state index is 12.7. The van der Waals surface area contributed by atoms with Crippen LogP contribution in [-0.2, 0) is 0 Å². The highest BCUT2D eigenvalue weighted by atomic mass is 16.5. The van der Waals surface area contributed by atoms with E-state index in [-0.39, 0.29) is 11.9 Å². The van der Waals surface area contributed by atoms with Gasteiger partial charge < -0.3 is 24.8 Å². The van der Waals surface area contributed by atoms with Gasteiger partial charge in [0.05, 0.1) is 19.8 Å². The van der Waals surface area contributed by atoms with Crippen LogP contribution in [0.2, 0.25) is 0 Å². The van der Waals surface area contributed by atoms with E-state index in [4.69, 9.17) is 19.9 Å². The Hall–Kier alpha value is -1.95. The fourth-order valence-corrected chi connectivity index (χ4v) is 2.67. The van der Waals surface area contributed by atoms with Crippen molar-refractivity contribution in [3.05, 3.63) is 17.7 Å². The smallest absolute Gasteiger partial charge is 0.254 e. The van der Waals surface area contributed by atoms with E-state index >= 15 is 0 Å². The molecule has 1 aromatic carbocycles. The minimum Gasteiger partial charge on any atom is -0.490 e. The number of rotatable bonds is 7. The minimum absolute atomic E-state index is 0.0529. The van der Waals surface area contributed by atoms with Crippen LogP contribution in [0.25, 0.3) is 0 Å². The molecule has 2 N–H and O–H groups in total. The number of nitrogens with zero attached hydrogens (tertiary/aromatic N) is 1. The third-order valence-corrected chi connectivity index (χ3v) is 3.67. The Morgan fingerprint density at radius 3 is 2.13 bits per heavy atom. The van der Waals surface area contributed by atoms with Gasteiger partial charge >= 0.3 is 0 Å². The molecule has 1 atom stereocenters. The van der Waals surface area contributed by atoms with Crippen LogP contribution in [0.3, 0.4) is 0 Å². The molecular weight excluding hydrogens is 296 g/mol. The Bertz CT molecular complexity index is 520. The minimum atomic E-state index is -0.0529. The van der Waals surface area contributed by atoms with Gasteiger partial charge in [0, 0.05) is 24.7 Å². The number of amides is 1. The third kappa shape index (κ3) is 4.07. The van der Waals surface area contributed by atoms with Gasteiger partial charge in [-0.05, 0) is 39.3 Å². The number of ether oxygens (including phenoxy) is 3. The first kappa shape index (κ1) is 17.4. The number of carbonyl (C=O) groups excluding carboxylic acids is 1. The summed E-state index contributed by atoms with van der Waals surface area (Å²) in [5.41, 5.74) is 6.43. The van der Waals surface area contributed by atoms with Gasteiger partial charge in [0.2, 0.25) is 5.75 Å². The van der Waals surface area contributed by atoms with E-state index in [1.807, 2.05) is 20.8 Å². The van der Waals surface area contributed by atoms with Gasteiger partial charge in [-0.25, -0.2) is 0 Å². The lowest BCUT2D eigenvalue weighted by Crippen LogP contribution is -2.31. The molecule has 2 rings (SSSR count). The summed E-state index contributed by atoms with van der Waals surface area (Å²) < 4.78 is 17.0. The van der Waals surface area contributed by atoms with Crippen molar-refractivity contribution in [3.63, 3.8) is 0 Å². The van der Waals surface area contributed by atoms with Crippen molar-refractivity contribution in [2.45, 2.75) is 33.2 Å². The first-order valence-corrected chi connectivity index (χ1v) is 8.21. The fraction of sp³-hybridized carbons (Fsp3) is 0.588. The summed E-state index contributed by atoms with van der Waals surface area (Å²) in [4.78, 5) is 14.5. The van der Waals surface area contributed by atoms with Crippen LogP contribution in [0.4, 0.5) is 0 Å². The van der Waals surface area contributed by atoms with Crippen molar-refractivity contribution >= 4 is 5.91 Å². The largest absolute Gasteiger partial charge is 0.490 e. The molecule has 0 unspecified atom stereocenters. The number of carbonyl (C=O) groups is 1. The fourth-order valence-electron chi connectivity index (χ4n) is 2.67. The Labute approximate surface area is 137 Å². The maximum atomic E-state index is 12.7. The molecule has 128 valence electrons. The van der Waals surface area contributed by atoms with E-state index in [2.05, 4.69) is 0 Å². The zero-order valence-electron chi connectivity index (χ0n) is 14.1. The van der Waals surface area contributed by atoms with Crippen molar-refractivity contribution in [1.29, 1.82) is 0 Å². The second-order valence-electron chi connectivity index (χ2n) is 5.40. The van der Waals surface area contributed by atoms with Gasteiger partial charge in [-0.3, -0.25) is 4.79 Å². The average molecular weight is 322 g/mol. The molecule has 0 bridgehead atoms. The van der Waals surface area contributed by atoms with Crippen molar-refractivity contribution in [2.24, 2.45) is 5.73 Å².